The second-order valence-electron chi connectivity index (χ2n) is 8.24. The molecule has 0 aliphatic rings. The summed E-state index contributed by atoms with van der Waals surface area (Å²) in [6.45, 7) is 4.45. The lowest BCUT2D eigenvalue weighted by atomic mass is 10.0. The quantitative estimate of drug-likeness (QED) is 0.242. The van der Waals surface area contributed by atoms with Crippen LogP contribution in [0.25, 0.3) is 27.8 Å². The first-order valence-electron chi connectivity index (χ1n) is 11.7. The molecule has 3 aromatic carbocycles. The van der Waals surface area contributed by atoms with Crippen LogP contribution in [0.1, 0.15) is 36.3 Å². The van der Waals surface area contributed by atoms with E-state index in [1.165, 1.54) is 4.68 Å². The number of benzene rings is 3. The van der Waals surface area contributed by atoms with Gasteiger partial charge in [-0.15, -0.1) is 5.10 Å². The molecule has 0 saturated carbocycles. The molecule has 2 heterocycles. The van der Waals surface area contributed by atoms with E-state index in [0.29, 0.717) is 29.3 Å². The van der Waals surface area contributed by atoms with Gasteiger partial charge in [-0.3, -0.25) is 4.79 Å². The van der Waals surface area contributed by atoms with Crippen LogP contribution >= 0.6 is 0 Å². The summed E-state index contributed by atoms with van der Waals surface area (Å²) in [6.07, 6.45) is 0.889. The van der Waals surface area contributed by atoms with E-state index in [0.717, 1.165) is 22.8 Å². The number of aromatic nitrogens is 5. The molecular weight excluding hydrogens is 472 g/mol. The third-order valence-corrected chi connectivity index (χ3v) is 5.67. The summed E-state index contributed by atoms with van der Waals surface area (Å²) in [5.41, 5.74) is 11.0. The van der Waals surface area contributed by atoms with Crippen molar-refractivity contribution in [3.63, 3.8) is 0 Å². The van der Waals surface area contributed by atoms with Gasteiger partial charge in [0.25, 0.3) is 5.91 Å². The number of carbonyl (C=O) groups is 1. The Morgan fingerprint density at radius 1 is 1.08 bits per heavy atom. The molecule has 0 saturated heterocycles. The molecule has 1 amide bonds. The van der Waals surface area contributed by atoms with Crippen molar-refractivity contribution in [3.8, 4) is 22.8 Å². The second-order valence-corrected chi connectivity index (χ2v) is 8.24. The number of hydrogen-bond donors (Lipinski definition) is 2. The number of nitrogen functional groups attached to an aromatic ring is 1. The first-order chi connectivity index (χ1) is 18.0. The van der Waals surface area contributed by atoms with Gasteiger partial charge < -0.3 is 10.5 Å². The monoisotopic (exact) mass is 496 g/mol. The van der Waals surface area contributed by atoms with E-state index in [9.17, 15) is 4.79 Å². The van der Waals surface area contributed by atoms with Crippen LogP contribution in [0.3, 0.4) is 0 Å². The second kappa shape index (κ2) is 10.3. The van der Waals surface area contributed by atoms with E-state index >= 15 is 0 Å². The Kier molecular flexibility index (Phi) is 6.58. The summed E-state index contributed by atoms with van der Waals surface area (Å²) in [4.78, 5) is 13.2. The molecule has 0 radical (unpaired) electrons. The molecule has 0 spiro atoms. The fraction of sp³-hybridized carbons (Fsp3) is 0.154. The molecular formula is C26H24N8O3. The largest absolute Gasteiger partial charge is 0.494 e. The first kappa shape index (κ1) is 23.7. The third kappa shape index (κ3) is 4.87. The van der Waals surface area contributed by atoms with Crippen LogP contribution in [0, 0.1) is 0 Å². The number of amides is 1. The lowest BCUT2D eigenvalue weighted by Gasteiger charge is -2.08. The van der Waals surface area contributed by atoms with Crippen LogP contribution in [0.4, 0.5) is 5.82 Å². The fourth-order valence-electron chi connectivity index (χ4n) is 3.78. The maximum atomic E-state index is 13.2. The van der Waals surface area contributed by atoms with E-state index in [2.05, 4.69) is 31.2 Å². The molecule has 5 rings (SSSR count). The van der Waals surface area contributed by atoms with Crippen LogP contribution < -0.4 is 15.9 Å². The van der Waals surface area contributed by atoms with Gasteiger partial charge in [0.1, 0.15) is 11.4 Å². The minimum atomic E-state index is -0.553. The van der Waals surface area contributed by atoms with E-state index in [1.54, 1.807) is 24.3 Å². The minimum Gasteiger partial charge on any atom is -0.494 e. The number of nitrogens with one attached hydrogen (secondary N) is 1. The molecule has 11 heteroatoms. The van der Waals surface area contributed by atoms with Crippen molar-refractivity contribution >= 4 is 28.2 Å². The maximum Gasteiger partial charge on any atom is 0.294 e. The Bertz CT molecular complexity index is 1590. The van der Waals surface area contributed by atoms with E-state index < -0.39 is 5.91 Å². The number of nitrogens with zero attached hydrogens (tertiary/aromatic N) is 6. The summed E-state index contributed by atoms with van der Waals surface area (Å²) in [7, 11) is 0. The molecule has 0 fully saturated rings. The van der Waals surface area contributed by atoms with Crippen molar-refractivity contribution in [2.24, 2.45) is 5.10 Å². The van der Waals surface area contributed by atoms with Gasteiger partial charge in [0.15, 0.2) is 5.69 Å². The average molecular weight is 497 g/mol. The standard InChI is InChI=1S/C26H24N8O3/c1-3-14-36-21-12-10-18(11-13-21)23-22(29-33-34(23)25-24(27)31-37-32-25)26(35)30-28-16(2)19-9-8-17-6-4-5-7-20(17)15-19/h4-13,15H,3,14H2,1-2H3,(H2,27,31)(H,30,35)/b28-16-. The maximum absolute atomic E-state index is 13.2. The van der Waals surface area contributed by atoms with Crippen LogP contribution in [0.15, 0.2) is 76.5 Å². The highest BCUT2D eigenvalue weighted by Crippen LogP contribution is 2.28. The Morgan fingerprint density at radius 2 is 1.86 bits per heavy atom. The third-order valence-electron chi connectivity index (χ3n) is 5.67. The smallest absolute Gasteiger partial charge is 0.294 e. The molecule has 186 valence electrons. The SMILES string of the molecule is CCCOc1ccc(-c2c(C(=O)N/N=C(/C)c3ccc4ccccc4c3)nnn2-c2nonc2N)cc1. The molecule has 0 unspecified atom stereocenters. The van der Waals surface area contributed by atoms with Crippen LogP contribution in [0.2, 0.25) is 0 Å². The van der Waals surface area contributed by atoms with Gasteiger partial charge in [-0.2, -0.15) is 9.78 Å². The summed E-state index contributed by atoms with van der Waals surface area (Å²) in [5, 5.41) is 22.1. The summed E-state index contributed by atoms with van der Waals surface area (Å²) >= 11 is 0. The number of hydrazone groups is 1. The Labute approximate surface area is 211 Å². The highest BCUT2D eigenvalue weighted by Gasteiger charge is 2.25. The van der Waals surface area contributed by atoms with Crippen molar-refractivity contribution in [3.05, 3.63) is 78.0 Å². The summed E-state index contributed by atoms with van der Waals surface area (Å²) < 4.78 is 11.7. The number of nitrogens with two attached hydrogens (primary N) is 1. The molecule has 5 aromatic rings. The summed E-state index contributed by atoms with van der Waals surface area (Å²) in [5.74, 6) is 0.270. The topological polar surface area (TPSA) is 146 Å². The van der Waals surface area contributed by atoms with Gasteiger partial charge in [-0.25, -0.2) is 10.1 Å². The van der Waals surface area contributed by atoms with E-state index in [-0.39, 0.29) is 17.3 Å². The number of ether oxygens (including phenoxy) is 1. The fourth-order valence-corrected chi connectivity index (χ4v) is 3.78. The average Bonchev–Trinajstić information content (AvgIpc) is 3.56. The predicted octanol–water partition coefficient (Wildman–Crippen LogP) is 4.00. The highest BCUT2D eigenvalue weighted by molar-refractivity contribution is 6.04. The zero-order valence-corrected chi connectivity index (χ0v) is 20.3. The van der Waals surface area contributed by atoms with Gasteiger partial charge in [0.2, 0.25) is 11.6 Å². The van der Waals surface area contributed by atoms with Gasteiger partial charge in [0, 0.05) is 5.56 Å². The Morgan fingerprint density at radius 3 is 2.59 bits per heavy atom. The lowest BCUT2D eigenvalue weighted by molar-refractivity contribution is 0.0950. The number of fused-ring (bicyclic) bond motifs is 1. The number of anilines is 1. The Hall–Kier alpha value is -5.06. The van der Waals surface area contributed by atoms with Gasteiger partial charge in [-0.05, 0) is 70.3 Å². The van der Waals surface area contributed by atoms with E-state index in [4.69, 9.17) is 15.1 Å². The zero-order valence-electron chi connectivity index (χ0n) is 20.3. The summed E-state index contributed by atoms with van der Waals surface area (Å²) in [6, 6.07) is 21.2. The van der Waals surface area contributed by atoms with Gasteiger partial charge in [0.05, 0.1) is 12.3 Å². The van der Waals surface area contributed by atoms with Gasteiger partial charge in [-0.1, -0.05) is 48.5 Å². The normalized spacial score (nSPS) is 11.6. The first-order valence-corrected chi connectivity index (χ1v) is 11.7. The van der Waals surface area contributed by atoms with Crippen molar-refractivity contribution < 1.29 is 14.2 Å². The molecule has 0 aliphatic heterocycles. The number of carbonyl (C=O) groups excluding carboxylic acids is 1. The van der Waals surface area contributed by atoms with Crippen LogP contribution in [0.5, 0.6) is 5.75 Å². The van der Waals surface area contributed by atoms with Crippen LogP contribution in [-0.4, -0.2) is 43.5 Å². The molecule has 2 aromatic heterocycles. The number of hydrogen-bond acceptors (Lipinski definition) is 9. The Balaban J connectivity index is 1.46. The molecule has 37 heavy (non-hydrogen) atoms. The highest BCUT2D eigenvalue weighted by atomic mass is 16.6. The molecule has 0 atom stereocenters. The van der Waals surface area contributed by atoms with E-state index in [1.807, 2.05) is 56.3 Å². The van der Waals surface area contributed by atoms with Crippen molar-refractivity contribution in [1.29, 1.82) is 0 Å². The van der Waals surface area contributed by atoms with Crippen molar-refractivity contribution in [2.75, 3.05) is 12.3 Å². The predicted molar refractivity (Wildman–Crippen MR) is 138 cm³/mol. The van der Waals surface area contributed by atoms with Crippen molar-refractivity contribution in [2.45, 2.75) is 20.3 Å². The number of rotatable bonds is 8. The molecule has 11 nitrogen and oxygen atoms in total. The van der Waals surface area contributed by atoms with Gasteiger partial charge >= 0.3 is 0 Å². The van der Waals surface area contributed by atoms with Crippen molar-refractivity contribution in [1.82, 2.24) is 30.7 Å². The minimum absolute atomic E-state index is 0.00572. The molecule has 0 bridgehead atoms. The lowest BCUT2D eigenvalue weighted by Crippen LogP contribution is -2.21. The zero-order chi connectivity index (χ0) is 25.8. The molecule has 3 N–H and O–H groups in total. The van der Waals surface area contributed by atoms with Crippen LogP contribution in [-0.2, 0) is 0 Å². The molecule has 0 aliphatic carbocycles.